The van der Waals surface area contributed by atoms with Crippen molar-refractivity contribution in [2.45, 2.75) is 39.4 Å². The summed E-state index contributed by atoms with van der Waals surface area (Å²) in [6.45, 7) is 4.37. The van der Waals surface area contributed by atoms with Gasteiger partial charge in [-0.3, -0.25) is 0 Å². The number of hydrogen-bond donors (Lipinski definition) is 2. The summed E-state index contributed by atoms with van der Waals surface area (Å²) >= 11 is 0. The first-order valence-electron chi connectivity index (χ1n) is 4.15. The van der Waals surface area contributed by atoms with Crippen LogP contribution in [0.15, 0.2) is 12.2 Å². The summed E-state index contributed by atoms with van der Waals surface area (Å²) in [6, 6.07) is 0. The standard InChI is InChI=1S/C9H18O2.2Ac/c1-8(2)6-4-3-5-7-9(10)11;;/h5,7-11H,3-4,6H2,1-2H3;;. The molecule has 0 bridgehead atoms. The fraction of sp³-hybridized carbons (Fsp3) is 0.778. The minimum atomic E-state index is -1.28. The summed E-state index contributed by atoms with van der Waals surface area (Å²) < 4.78 is 0. The Bertz CT molecular complexity index is 114. The molecule has 13 heavy (non-hydrogen) atoms. The van der Waals surface area contributed by atoms with Gasteiger partial charge in [0.25, 0.3) is 0 Å². The van der Waals surface area contributed by atoms with E-state index >= 15 is 0 Å². The number of hydrogen-bond acceptors (Lipinski definition) is 2. The molecular weight excluding hydrogens is 594 g/mol. The van der Waals surface area contributed by atoms with Gasteiger partial charge in [-0.1, -0.05) is 26.3 Å². The molecule has 4 heteroatoms. The number of rotatable bonds is 5. The molecule has 0 aromatic carbocycles. The van der Waals surface area contributed by atoms with Gasteiger partial charge in [-0.2, -0.15) is 0 Å². The Kier molecular flexibility index (Phi) is 23.4. The number of aliphatic hydroxyl groups is 2. The molecule has 2 nitrogen and oxygen atoms in total. The van der Waals surface area contributed by atoms with E-state index in [1.165, 1.54) is 12.5 Å². The maximum atomic E-state index is 8.43. The zero-order chi connectivity index (χ0) is 8.69. The van der Waals surface area contributed by atoms with Crippen molar-refractivity contribution in [2.75, 3.05) is 0 Å². The van der Waals surface area contributed by atoms with Crippen LogP contribution in [0.4, 0.5) is 0 Å². The van der Waals surface area contributed by atoms with Gasteiger partial charge in [-0.15, -0.1) is 0 Å². The molecule has 0 saturated carbocycles. The van der Waals surface area contributed by atoms with Crippen LogP contribution in [0, 0.1) is 94.0 Å². The van der Waals surface area contributed by atoms with Gasteiger partial charge in [0.2, 0.25) is 0 Å². The summed E-state index contributed by atoms with van der Waals surface area (Å²) in [5, 5.41) is 16.9. The molecule has 0 spiro atoms. The second-order valence-electron chi connectivity index (χ2n) is 3.17. The van der Waals surface area contributed by atoms with E-state index in [-0.39, 0.29) is 88.1 Å². The van der Waals surface area contributed by atoms with Crippen LogP contribution >= 0.6 is 0 Å². The van der Waals surface area contributed by atoms with Crippen LogP contribution in [-0.2, 0) is 0 Å². The fourth-order valence-corrected chi connectivity index (χ4v) is 0.862. The molecule has 0 saturated heterocycles. The fourth-order valence-electron chi connectivity index (χ4n) is 0.862. The Labute approximate surface area is 153 Å². The molecule has 0 unspecified atom stereocenters. The van der Waals surface area contributed by atoms with Gasteiger partial charge in [0.05, 0.1) is 0 Å². The summed E-state index contributed by atoms with van der Waals surface area (Å²) in [5.41, 5.74) is 0. The smallest absolute Gasteiger partial charge is 0.171 e. The molecule has 0 heterocycles. The van der Waals surface area contributed by atoms with E-state index in [1.807, 2.05) is 6.08 Å². The molecule has 72 valence electrons. The second-order valence-corrected chi connectivity index (χ2v) is 3.17. The minimum Gasteiger partial charge on any atom is -0.365 e. The van der Waals surface area contributed by atoms with Crippen molar-refractivity contribution >= 4 is 0 Å². The van der Waals surface area contributed by atoms with E-state index in [1.54, 1.807) is 0 Å². The second kappa shape index (κ2) is 14.5. The first kappa shape index (κ1) is 20.9. The first-order valence-corrected chi connectivity index (χ1v) is 4.15. The molecule has 0 amide bonds. The first-order chi connectivity index (χ1) is 5.13. The average Bonchev–Trinajstić information content (AvgIpc) is 1.85. The minimum absolute atomic E-state index is 0. The summed E-state index contributed by atoms with van der Waals surface area (Å²) in [7, 11) is 0. The molecule has 0 rings (SSSR count). The van der Waals surface area contributed by atoms with Crippen LogP contribution in [0.5, 0.6) is 0 Å². The maximum Gasteiger partial charge on any atom is 0.171 e. The van der Waals surface area contributed by atoms with Crippen molar-refractivity contribution in [3.8, 4) is 0 Å². The van der Waals surface area contributed by atoms with Gasteiger partial charge >= 0.3 is 0 Å². The third-order valence-electron chi connectivity index (χ3n) is 1.46. The average molecular weight is 612 g/mol. The maximum absolute atomic E-state index is 8.43. The van der Waals surface area contributed by atoms with Crippen molar-refractivity contribution in [3.05, 3.63) is 12.2 Å². The van der Waals surface area contributed by atoms with E-state index in [9.17, 15) is 0 Å². The molecule has 2 radical (unpaired) electrons. The van der Waals surface area contributed by atoms with Gasteiger partial charge in [0, 0.05) is 88.1 Å². The third-order valence-corrected chi connectivity index (χ3v) is 1.46. The van der Waals surface area contributed by atoms with E-state index < -0.39 is 6.29 Å². The van der Waals surface area contributed by atoms with Crippen molar-refractivity contribution in [1.29, 1.82) is 0 Å². The molecular formula is C9H18Ac2O2. The molecule has 0 aliphatic heterocycles. The van der Waals surface area contributed by atoms with Crippen LogP contribution in [0.25, 0.3) is 0 Å². The predicted molar refractivity (Wildman–Crippen MR) is 46.1 cm³/mol. The summed E-state index contributed by atoms with van der Waals surface area (Å²) in [5.74, 6) is 0.738. The normalized spacial score (nSPS) is 10.3. The molecule has 0 aromatic heterocycles. The van der Waals surface area contributed by atoms with Crippen LogP contribution in [-0.4, -0.2) is 16.5 Å². The summed E-state index contributed by atoms with van der Waals surface area (Å²) in [6.07, 6.45) is 5.20. The monoisotopic (exact) mass is 612 g/mol. The SMILES string of the molecule is CC(C)CCCC=CC(O)O.[Ac].[Ac]. The molecule has 0 aliphatic rings. The Morgan fingerprint density at radius 2 is 1.69 bits per heavy atom. The largest absolute Gasteiger partial charge is 0.365 e. The van der Waals surface area contributed by atoms with E-state index in [0.717, 1.165) is 18.8 Å². The number of unbranched alkanes of at least 4 members (excludes halogenated alkanes) is 1. The molecule has 0 fully saturated rings. The number of aliphatic hydroxyl groups excluding tert-OH is 1. The zero-order valence-corrected chi connectivity index (χ0v) is 18.0. The Balaban J connectivity index is -0.000000500. The van der Waals surface area contributed by atoms with Crippen molar-refractivity contribution < 1.29 is 98.3 Å². The van der Waals surface area contributed by atoms with Crippen molar-refractivity contribution in [3.63, 3.8) is 0 Å². The van der Waals surface area contributed by atoms with Gasteiger partial charge in [-0.25, -0.2) is 0 Å². The Hall–Kier alpha value is 2.54. The summed E-state index contributed by atoms with van der Waals surface area (Å²) in [4.78, 5) is 0. The zero-order valence-electron chi connectivity index (χ0n) is 8.48. The molecule has 2 N–H and O–H groups in total. The molecule has 0 aliphatic carbocycles. The van der Waals surface area contributed by atoms with E-state index in [4.69, 9.17) is 10.2 Å². The van der Waals surface area contributed by atoms with Crippen molar-refractivity contribution in [2.24, 2.45) is 5.92 Å². The molecule has 0 atom stereocenters. The Morgan fingerprint density at radius 3 is 2.08 bits per heavy atom. The van der Waals surface area contributed by atoms with Crippen LogP contribution in [0.3, 0.4) is 0 Å². The predicted octanol–water partition coefficient (Wildman–Crippen LogP) is 1.68. The van der Waals surface area contributed by atoms with Crippen LogP contribution in [0.1, 0.15) is 33.1 Å². The van der Waals surface area contributed by atoms with Crippen LogP contribution < -0.4 is 0 Å². The Morgan fingerprint density at radius 1 is 1.15 bits per heavy atom. The van der Waals surface area contributed by atoms with Gasteiger partial charge in [-0.05, 0) is 24.8 Å². The van der Waals surface area contributed by atoms with E-state index in [2.05, 4.69) is 13.8 Å². The van der Waals surface area contributed by atoms with Gasteiger partial charge < -0.3 is 10.2 Å². The van der Waals surface area contributed by atoms with Crippen molar-refractivity contribution in [1.82, 2.24) is 0 Å². The number of allylic oxidation sites excluding steroid dienone is 1. The third kappa shape index (κ3) is 20.6. The molecule has 0 aromatic rings. The van der Waals surface area contributed by atoms with Gasteiger partial charge in [0.15, 0.2) is 6.29 Å². The van der Waals surface area contributed by atoms with E-state index in [0.29, 0.717) is 0 Å². The topological polar surface area (TPSA) is 40.5 Å². The quantitative estimate of drug-likeness (QED) is 0.282. The van der Waals surface area contributed by atoms with Gasteiger partial charge in [0.1, 0.15) is 0 Å². The van der Waals surface area contributed by atoms with Crippen LogP contribution in [0.2, 0.25) is 0 Å².